The number of hydrogen-bond acceptors (Lipinski definition) is 0. The highest BCUT2D eigenvalue weighted by Gasteiger charge is 2.56. The van der Waals surface area contributed by atoms with E-state index >= 15 is 0 Å². The van der Waals surface area contributed by atoms with Crippen LogP contribution < -0.4 is 0 Å². The van der Waals surface area contributed by atoms with E-state index in [0.717, 1.165) is 29.7 Å². The summed E-state index contributed by atoms with van der Waals surface area (Å²) >= 11 is 0. The van der Waals surface area contributed by atoms with E-state index in [0.29, 0.717) is 0 Å². The molecule has 20 heavy (non-hydrogen) atoms. The van der Waals surface area contributed by atoms with Crippen molar-refractivity contribution in [1.82, 2.24) is 0 Å². The number of nitrogens with zero attached hydrogens (tertiary/aromatic N) is 1. The second-order valence-electron chi connectivity index (χ2n) is 8.57. The third-order valence-corrected chi connectivity index (χ3v) is 7.07. The Bertz CT molecular complexity index is 300. The first-order valence-electron chi connectivity index (χ1n) is 9.48. The Kier molecular flexibility index (Phi) is 4.45. The molecule has 0 aromatic rings. The minimum Gasteiger partial charge on any atom is -0.326 e. The Morgan fingerprint density at radius 2 is 1.20 bits per heavy atom. The molecule has 3 aliphatic rings. The summed E-state index contributed by atoms with van der Waals surface area (Å²) in [6, 6.07) is 0.997. The molecular weight excluding hydrogens is 242 g/mol. The lowest BCUT2D eigenvalue weighted by atomic mass is 9.73. The van der Waals surface area contributed by atoms with Crippen LogP contribution in [0.1, 0.15) is 71.1 Å². The quantitative estimate of drug-likeness (QED) is 0.644. The smallest absolute Gasteiger partial charge is 0.0948 e. The maximum atomic E-state index is 2.56. The van der Waals surface area contributed by atoms with Crippen LogP contribution in [0.15, 0.2) is 0 Å². The summed E-state index contributed by atoms with van der Waals surface area (Å²) in [6.07, 6.45) is 15.1. The monoisotopic (exact) mass is 278 g/mol. The summed E-state index contributed by atoms with van der Waals surface area (Å²) in [4.78, 5) is 0. The van der Waals surface area contributed by atoms with Gasteiger partial charge in [-0.25, -0.2) is 0 Å². The van der Waals surface area contributed by atoms with Crippen molar-refractivity contribution >= 4 is 0 Å². The van der Waals surface area contributed by atoms with Crippen LogP contribution in [0, 0.1) is 23.7 Å². The van der Waals surface area contributed by atoms with Crippen molar-refractivity contribution in [3.8, 4) is 0 Å². The fraction of sp³-hybridized carbons (Fsp3) is 1.00. The Morgan fingerprint density at radius 1 is 0.750 bits per heavy atom. The van der Waals surface area contributed by atoms with Gasteiger partial charge in [-0.05, 0) is 43.9 Å². The molecule has 0 radical (unpaired) electrons. The van der Waals surface area contributed by atoms with Crippen LogP contribution in [0.25, 0.3) is 0 Å². The van der Waals surface area contributed by atoms with Gasteiger partial charge in [0.25, 0.3) is 0 Å². The maximum absolute atomic E-state index is 2.56. The lowest BCUT2D eigenvalue weighted by Gasteiger charge is -2.44. The molecule has 0 bridgehead atoms. The molecule has 3 fully saturated rings. The summed E-state index contributed by atoms with van der Waals surface area (Å²) in [6.45, 7) is 3.76. The zero-order valence-electron chi connectivity index (χ0n) is 14.1. The lowest BCUT2D eigenvalue weighted by Crippen LogP contribution is -2.55. The molecular formula is C19H36N+. The van der Waals surface area contributed by atoms with E-state index in [1.165, 1.54) is 49.6 Å². The zero-order chi connectivity index (χ0) is 14.2. The third kappa shape index (κ3) is 2.56. The molecule has 0 N–H and O–H groups in total. The van der Waals surface area contributed by atoms with Gasteiger partial charge in [0, 0.05) is 11.8 Å². The SMILES string of the molecule is CCCC[N+](C)(C)C1C2CCCCC2C2CCCCC21. The summed E-state index contributed by atoms with van der Waals surface area (Å²) in [5, 5.41) is 0. The standard InChI is InChI=1S/C19H36N/c1-4-5-14-20(2,3)19-17-12-8-6-10-15(17)16-11-7-9-13-18(16)19/h15-19H,4-14H2,1-3H3/q+1. The molecule has 0 amide bonds. The summed E-state index contributed by atoms with van der Waals surface area (Å²) in [5.41, 5.74) is 0. The lowest BCUT2D eigenvalue weighted by molar-refractivity contribution is -0.922. The van der Waals surface area contributed by atoms with Gasteiger partial charge in [0.15, 0.2) is 0 Å². The van der Waals surface area contributed by atoms with Gasteiger partial charge in [0.05, 0.1) is 26.7 Å². The van der Waals surface area contributed by atoms with Gasteiger partial charge in [0.2, 0.25) is 0 Å². The van der Waals surface area contributed by atoms with E-state index in [1.54, 1.807) is 25.7 Å². The van der Waals surface area contributed by atoms with Gasteiger partial charge in [-0.15, -0.1) is 0 Å². The molecule has 0 heterocycles. The predicted molar refractivity (Wildman–Crippen MR) is 86.6 cm³/mol. The van der Waals surface area contributed by atoms with E-state index < -0.39 is 0 Å². The topological polar surface area (TPSA) is 0 Å². The molecule has 0 saturated heterocycles. The van der Waals surface area contributed by atoms with Crippen molar-refractivity contribution in [1.29, 1.82) is 0 Å². The van der Waals surface area contributed by atoms with Crippen LogP contribution >= 0.6 is 0 Å². The first-order valence-corrected chi connectivity index (χ1v) is 9.48. The largest absolute Gasteiger partial charge is 0.326 e. The minimum atomic E-state index is 0.997. The number of fused-ring (bicyclic) bond motifs is 3. The second-order valence-corrected chi connectivity index (χ2v) is 8.57. The predicted octanol–water partition coefficient (Wildman–Crippen LogP) is 4.86. The first-order chi connectivity index (χ1) is 9.65. The van der Waals surface area contributed by atoms with Gasteiger partial charge < -0.3 is 4.48 Å². The van der Waals surface area contributed by atoms with E-state index in [4.69, 9.17) is 0 Å². The number of quaternary nitrogens is 1. The van der Waals surface area contributed by atoms with E-state index in [9.17, 15) is 0 Å². The van der Waals surface area contributed by atoms with Crippen molar-refractivity contribution in [2.75, 3.05) is 20.6 Å². The van der Waals surface area contributed by atoms with Gasteiger partial charge in [-0.1, -0.05) is 39.0 Å². The summed E-state index contributed by atoms with van der Waals surface area (Å²) in [7, 11) is 5.12. The van der Waals surface area contributed by atoms with Crippen LogP contribution in [0.3, 0.4) is 0 Å². The third-order valence-electron chi connectivity index (χ3n) is 7.07. The van der Waals surface area contributed by atoms with Crippen LogP contribution in [0.5, 0.6) is 0 Å². The Labute approximate surface area is 126 Å². The second kappa shape index (κ2) is 5.99. The van der Waals surface area contributed by atoms with Crippen LogP contribution in [-0.2, 0) is 0 Å². The van der Waals surface area contributed by atoms with Crippen LogP contribution in [-0.4, -0.2) is 31.2 Å². The fourth-order valence-corrected chi connectivity index (χ4v) is 6.36. The molecule has 3 saturated carbocycles. The molecule has 0 aromatic heterocycles. The highest BCUT2D eigenvalue weighted by atomic mass is 15.3. The number of rotatable bonds is 4. The maximum Gasteiger partial charge on any atom is 0.0948 e. The molecule has 1 nitrogen and oxygen atoms in total. The van der Waals surface area contributed by atoms with E-state index in [1.807, 2.05) is 0 Å². The minimum absolute atomic E-state index is 0.997. The Hall–Kier alpha value is -0.0400. The van der Waals surface area contributed by atoms with E-state index in [2.05, 4.69) is 21.0 Å². The van der Waals surface area contributed by atoms with E-state index in [-0.39, 0.29) is 0 Å². The van der Waals surface area contributed by atoms with Crippen molar-refractivity contribution in [3.05, 3.63) is 0 Å². The fourth-order valence-electron chi connectivity index (χ4n) is 6.36. The molecule has 0 aliphatic heterocycles. The van der Waals surface area contributed by atoms with Gasteiger partial charge in [0.1, 0.15) is 0 Å². The zero-order valence-corrected chi connectivity index (χ0v) is 14.1. The highest BCUT2D eigenvalue weighted by molar-refractivity contribution is 5.00. The van der Waals surface area contributed by atoms with Crippen molar-refractivity contribution in [2.24, 2.45) is 23.7 Å². The molecule has 0 spiro atoms. The van der Waals surface area contributed by atoms with Crippen molar-refractivity contribution < 1.29 is 4.48 Å². The molecule has 1 heteroatoms. The van der Waals surface area contributed by atoms with Crippen molar-refractivity contribution in [3.63, 3.8) is 0 Å². The molecule has 4 unspecified atom stereocenters. The number of unbranched alkanes of at least 4 members (excludes halogenated alkanes) is 1. The van der Waals surface area contributed by atoms with Gasteiger partial charge in [-0.2, -0.15) is 0 Å². The average molecular weight is 279 g/mol. The van der Waals surface area contributed by atoms with Gasteiger partial charge in [-0.3, -0.25) is 0 Å². The molecule has 3 aliphatic carbocycles. The molecule has 4 atom stereocenters. The van der Waals surface area contributed by atoms with Crippen molar-refractivity contribution in [2.45, 2.75) is 77.2 Å². The number of hydrogen-bond donors (Lipinski definition) is 0. The molecule has 0 aromatic carbocycles. The summed E-state index contributed by atoms with van der Waals surface area (Å²) in [5.74, 6) is 4.36. The normalized spacial score (nSPS) is 41.2. The molecule has 3 rings (SSSR count). The van der Waals surface area contributed by atoms with Gasteiger partial charge >= 0.3 is 0 Å². The van der Waals surface area contributed by atoms with Crippen LogP contribution in [0.4, 0.5) is 0 Å². The molecule has 116 valence electrons. The van der Waals surface area contributed by atoms with Crippen LogP contribution in [0.2, 0.25) is 0 Å². The summed E-state index contributed by atoms with van der Waals surface area (Å²) < 4.78 is 1.33. The Balaban J connectivity index is 1.83. The highest BCUT2D eigenvalue weighted by Crippen LogP contribution is 2.56. The Morgan fingerprint density at radius 3 is 1.65 bits per heavy atom. The first kappa shape index (κ1) is 14.9. The average Bonchev–Trinajstić information content (AvgIpc) is 2.80.